The van der Waals surface area contributed by atoms with Crippen LogP contribution in [0.1, 0.15) is 25.0 Å². The van der Waals surface area contributed by atoms with Gasteiger partial charge in [-0.1, -0.05) is 53.6 Å². The molecule has 0 saturated heterocycles. The first-order valence-corrected chi connectivity index (χ1v) is 6.00. The van der Waals surface area contributed by atoms with Gasteiger partial charge in [-0.2, -0.15) is 0 Å². The number of hydrogen-bond acceptors (Lipinski definition) is 1. The lowest BCUT2D eigenvalue weighted by molar-refractivity contribution is 0.752. The highest BCUT2D eigenvalue weighted by molar-refractivity contribution is 9.10. The van der Waals surface area contributed by atoms with E-state index < -0.39 is 0 Å². The molecule has 1 aromatic carbocycles. The summed E-state index contributed by atoms with van der Waals surface area (Å²) in [5.74, 6) is 0.503. The van der Waals surface area contributed by atoms with E-state index in [1.54, 1.807) is 0 Å². The van der Waals surface area contributed by atoms with Gasteiger partial charge in [-0.3, -0.25) is 0 Å². The third kappa shape index (κ3) is 3.47. The number of aryl methyl sites for hydroxylation is 1. The lowest BCUT2D eigenvalue weighted by Crippen LogP contribution is -2.08. The molecule has 0 aliphatic heterocycles. The van der Waals surface area contributed by atoms with E-state index in [2.05, 4.69) is 61.0 Å². The highest BCUT2D eigenvalue weighted by atomic mass is 79.9. The lowest BCUT2D eigenvalue weighted by atomic mass is 10.00. The monoisotopic (exact) mass is 267 g/mol. The summed E-state index contributed by atoms with van der Waals surface area (Å²) >= 11 is 3.57. The van der Waals surface area contributed by atoms with Crippen molar-refractivity contribution in [3.63, 3.8) is 0 Å². The minimum Gasteiger partial charge on any atom is -0.327 e. The van der Waals surface area contributed by atoms with Gasteiger partial charge in [0.05, 0.1) is 0 Å². The van der Waals surface area contributed by atoms with Gasteiger partial charge in [0.1, 0.15) is 0 Å². The minimum atomic E-state index is 0.503. The fourth-order valence-corrected chi connectivity index (χ4v) is 2.02. The molecule has 2 N–H and O–H groups in total. The SMILES string of the molecule is Cc1ccc(/C=C(\CN)C(C)C)c(Br)c1. The summed E-state index contributed by atoms with van der Waals surface area (Å²) < 4.78 is 1.13. The van der Waals surface area contributed by atoms with Crippen LogP contribution in [-0.2, 0) is 0 Å². The molecule has 1 rings (SSSR count). The fourth-order valence-electron chi connectivity index (χ4n) is 1.41. The van der Waals surface area contributed by atoms with Crippen LogP contribution in [0.2, 0.25) is 0 Å². The molecule has 0 aliphatic rings. The molecule has 0 bridgehead atoms. The summed E-state index contributed by atoms with van der Waals surface area (Å²) in [6, 6.07) is 6.36. The van der Waals surface area contributed by atoms with E-state index in [-0.39, 0.29) is 0 Å². The van der Waals surface area contributed by atoms with E-state index >= 15 is 0 Å². The zero-order valence-electron chi connectivity index (χ0n) is 9.55. The van der Waals surface area contributed by atoms with Gasteiger partial charge in [0.2, 0.25) is 0 Å². The normalized spacial score (nSPS) is 12.3. The molecule has 0 heterocycles. The second-order valence-electron chi connectivity index (χ2n) is 4.10. The minimum absolute atomic E-state index is 0.503. The Morgan fingerprint density at radius 1 is 1.47 bits per heavy atom. The summed E-state index contributed by atoms with van der Waals surface area (Å²) in [5, 5.41) is 0. The molecule has 0 aliphatic carbocycles. The van der Waals surface area contributed by atoms with Crippen molar-refractivity contribution in [2.75, 3.05) is 6.54 Å². The maximum atomic E-state index is 5.72. The van der Waals surface area contributed by atoms with Crippen molar-refractivity contribution in [2.45, 2.75) is 20.8 Å². The molecule has 0 unspecified atom stereocenters. The van der Waals surface area contributed by atoms with Crippen LogP contribution in [0.15, 0.2) is 28.2 Å². The fraction of sp³-hybridized carbons (Fsp3) is 0.385. The standard InChI is InChI=1S/C13H18BrN/c1-9(2)12(8-15)7-11-5-4-10(3)6-13(11)14/h4-7,9H,8,15H2,1-3H3/b12-7+. The first-order chi connectivity index (χ1) is 7.04. The molecule has 0 spiro atoms. The molecule has 0 atom stereocenters. The number of nitrogens with two attached hydrogens (primary N) is 1. The van der Waals surface area contributed by atoms with Gasteiger partial charge in [-0.15, -0.1) is 0 Å². The summed E-state index contributed by atoms with van der Waals surface area (Å²) in [7, 11) is 0. The maximum absolute atomic E-state index is 5.72. The molecule has 0 amide bonds. The van der Waals surface area contributed by atoms with Crippen molar-refractivity contribution in [2.24, 2.45) is 11.7 Å². The highest BCUT2D eigenvalue weighted by Crippen LogP contribution is 2.22. The van der Waals surface area contributed by atoms with Crippen LogP contribution in [0.25, 0.3) is 6.08 Å². The van der Waals surface area contributed by atoms with E-state index in [1.807, 2.05) is 0 Å². The average molecular weight is 268 g/mol. The molecule has 0 radical (unpaired) electrons. The second kappa shape index (κ2) is 5.47. The Labute approximate surface area is 101 Å². The topological polar surface area (TPSA) is 26.0 Å². The van der Waals surface area contributed by atoms with Crippen molar-refractivity contribution >= 4 is 22.0 Å². The molecule has 0 aromatic heterocycles. The average Bonchev–Trinajstić information content (AvgIpc) is 2.16. The van der Waals surface area contributed by atoms with Gasteiger partial charge in [0, 0.05) is 11.0 Å². The van der Waals surface area contributed by atoms with Crippen LogP contribution in [0.5, 0.6) is 0 Å². The number of rotatable bonds is 3. The van der Waals surface area contributed by atoms with Crippen molar-refractivity contribution < 1.29 is 0 Å². The largest absolute Gasteiger partial charge is 0.327 e. The van der Waals surface area contributed by atoms with E-state index in [9.17, 15) is 0 Å². The second-order valence-corrected chi connectivity index (χ2v) is 4.96. The van der Waals surface area contributed by atoms with Crippen LogP contribution >= 0.6 is 15.9 Å². The predicted octanol–water partition coefficient (Wildman–Crippen LogP) is 3.76. The van der Waals surface area contributed by atoms with Crippen LogP contribution in [0.3, 0.4) is 0 Å². The first-order valence-electron chi connectivity index (χ1n) is 5.21. The van der Waals surface area contributed by atoms with Crippen LogP contribution in [-0.4, -0.2) is 6.54 Å². The zero-order chi connectivity index (χ0) is 11.4. The third-order valence-electron chi connectivity index (χ3n) is 2.47. The van der Waals surface area contributed by atoms with Gasteiger partial charge in [0.15, 0.2) is 0 Å². The van der Waals surface area contributed by atoms with E-state index in [0.29, 0.717) is 12.5 Å². The van der Waals surface area contributed by atoms with Crippen molar-refractivity contribution in [1.82, 2.24) is 0 Å². The molecule has 82 valence electrons. The van der Waals surface area contributed by atoms with Gasteiger partial charge in [-0.05, 0) is 30.0 Å². The molecule has 1 nitrogen and oxygen atoms in total. The Bertz CT molecular complexity index is 367. The quantitative estimate of drug-likeness (QED) is 0.887. The number of halogens is 1. The summed E-state index contributed by atoms with van der Waals surface area (Å²) in [6.45, 7) is 7.05. The van der Waals surface area contributed by atoms with Crippen LogP contribution in [0, 0.1) is 12.8 Å². The smallest absolute Gasteiger partial charge is 0.0250 e. The molecule has 0 saturated carbocycles. The van der Waals surface area contributed by atoms with Gasteiger partial charge in [0.25, 0.3) is 0 Å². The van der Waals surface area contributed by atoms with Gasteiger partial charge in [-0.25, -0.2) is 0 Å². The third-order valence-corrected chi connectivity index (χ3v) is 3.16. The maximum Gasteiger partial charge on any atom is 0.0250 e. The molecular weight excluding hydrogens is 250 g/mol. The van der Waals surface area contributed by atoms with E-state index in [0.717, 1.165) is 4.47 Å². The molecule has 1 aromatic rings. The summed E-state index contributed by atoms with van der Waals surface area (Å²) in [5.41, 5.74) is 9.46. The Balaban J connectivity index is 3.06. The Hall–Kier alpha value is -0.600. The summed E-state index contributed by atoms with van der Waals surface area (Å²) in [4.78, 5) is 0. The molecule has 0 fully saturated rings. The lowest BCUT2D eigenvalue weighted by Gasteiger charge is -2.09. The predicted molar refractivity (Wildman–Crippen MR) is 70.7 cm³/mol. The molecule has 15 heavy (non-hydrogen) atoms. The number of benzene rings is 1. The number of hydrogen-bond donors (Lipinski definition) is 1. The zero-order valence-corrected chi connectivity index (χ0v) is 11.1. The highest BCUT2D eigenvalue weighted by Gasteiger charge is 2.03. The summed E-state index contributed by atoms with van der Waals surface area (Å²) in [6.07, 6.45) is 2.17. The Morgan fingerprint density at radius 2 is 2.13 bits per heavy atom. The first kappa shape index (κ1) is 12.5. The van der Waals surface area contributed by atoms with Crippen LogP contribution in [0.4, 0.5) is 0 Å². The van der Waals surface area contributed by atoms with E-state index in [4.69, 9.17) is 5.73 Å². The van der Waals surface area contributed by atoms with Crippen LogP contribution < -0.4 is 5.73 Å². The van der Waals surface area contributed by atoms with Gasteiger partial charge >= 0.3 is 0 Å². The van der Waals surface area contributed by atoms with Crippen molar-refractivity contribution in [1.29, 1.82) is 0 Å². The van der Waals surface area contributed by atoms with Crippen molar-refractivity contribution in [3.8, 4) is 0 Å². The molecular formula is C13H18BrN. The van der Waals surface area contributed by atoms with E-state index in [1.165, 1.54) is 16.7 Å². The molecule has 2 heteroatoms. The Morgan fingerprint density at radius 3 is 2.60 bits per heavy atom. The Kier molecular flexibility index (Phi) is 4.55. The van der Waals surface area contributed by atoms with Gasteiger partial charge < -0.3 is 5.73 Å². The van der Waals surface area contributed by atoms with Crippen molar-refractivity contribution in [3.05, 3.63) is 39.4 Å².